The van der Waals surface area contributed by atoms with Crippen LogP contribution >= 0.6 is 0 Å². The van der Waals surface area contributed by atoms with Gasteiger partial charge in [-0.05, 0) is 5.56 Å². The molecule has 1 N–H and O–H groups in total. The summed E-state index contributed by atoms with van der Waals surface area (Å²) in [6.45, 7) is 0.479. The molecule has 4 nitrogen and oxygen atoms in total. The minimum Gasteiger partial charge on any atom is -0.506 e. The van der Waals surface area contributed by atoms with Gasteiger partial charge in [-0.1, -0.05) is 30.3 Å². The molecule has 0 unspecified atom stereocenters. The molecule has 2 aromatic heterocycles. The van der Waals surface area contributed by atoms with Gasteiger partial charge in [0.2, 0.25) is 0 Å². The largest absolute Gasteiger partial charge is 0.506 e. The van der Waals surface area contributed by atoms with Gasteiger partial charge in [-0.25, -0.2) is 4.98 Å². The number of hydrogen-bond acceptors (Lipinski definition) is 4. The number of benzene rings is 1. The van der Waals surface area contributed by atoms with Crippen molar-refractivity contribution in [2.45, 2.75) is 6.61 Å². The highest BCUT2D eigenvalue weighted by Gasteiger charge is 2.04. The minimum atomic E-state index is 0.125. The lowest BCUT2D eigenvalue weighted by atomic mass is 10.2. The van der Waals surface area contributed by atoms with E-state index in [2.05, 4.69) is 9.97 Å². The Kier molecular flexibility index (Phi) is 2.98. The number of fused-ring (bicyclic) bond motifs is 1. The molecule has 1 aromatic carbocycles. The summed E-state index contributed by atoms with van der Waals surface area (Å²) < 4.78 is 5.66. The second kappa shape index (κ2) is 4.94. The van der Waals surface area contributed by atoms with Gasteiger partial charge in [-0.15, -0.1) is 0 Å². The molecule has 0 saturated heterocycles. The molecule has 0 saturated carbocycles. The van der Waals surface area contributed by atoms with Gasteiger partial charge in [0.25, 0.3) is 0 Å². The SMILES string of the molecule is Oc1ccnc2cc(OCc3ccccc3)cnc12. The van der Waals surface area contributed by atoms with Crippen LogP contribution in [0.3, 0.4) is 0 Å². The van der Waals surface area contributed by atoms with Crippen molar-refractivity contribution >= 4 is 11.0 Å². The lowest BCUT2D eigenvalue weighted by Gasteiger charge is -2.07. The van der Waals surface area contributed by atoms with Gasteiger partial charge in [0.15, 0.2) is 0 Å². The number of aromatic hydroxyl groups is 1. The first-order valence-electron chi connectivity index (χ1n) is 5.93. The highest BCUT2D eigenvalue weighted by molar-refractivity contribution is 5.80. The van der Waals surface area contributed by atoms with Crippen molar-refractivity contribution in [1.82, 2.24) is 9.97 Å². The zero-order valence-electron chi connectivity index (χ0n) is 10.2. The van der Waals surface area contributed by atoms with Crippen molar-refractivity contribution in [3.8, 4) is 11.5 Å². The third-order valence-corrected chi connectivity index (χ3v) is 2.78. The average molecular weight is 252 g/mol. The molecule has 0 bridgehead atoms. The molecule has 0 spiro atoms. The normalized spacial score (nSPS) is 10.5. The van der Waals surface area contributed by atoms with Gasteiger partial charge in [0.05, 0.1) is 11.7 Å². The molecule has 0 aliphatic heterocycles. The molecule has 4 heteroatoms. The predicted octanol–water partition coefficient (Wildman–Crippen LogP) is 2.91. The third-order valence-electron chi connectivity index (χ3n) is 2.78. The van der Waals surface area contributed by atoms with E-state index >= 15 is 0 Å². The molecule has 3 aromatic rings. The van der Waals surface area contributed by atoms with Crippen molar-refractivity contribution in [3.05, 3.63) is 60.4 Å². The van der Waals surface area contributed by atoms with Crippen LogP contribution in [0.4, 0.5) is 0 Å². The Hall–Kier alpha value is -2.62. The fraction of sp³-hybridized carbons (Fsp3) is 0.0667. The summed E-state index contributed by atoms with van der Waals surface area (Å²) in [4.78, 5) is 8.31. The van der Waals surface area contributed by atoms with E-state index in [4.69, 9.17) is 4.74 Å². The van der Waals surface area contributed by atoms with E-state index in [0.717, 1.165) is 5.56 Å². The molecule has 0 atom stereocenters. The van der Waals surface area contributed by atoms with Crippen LogP contribution in [0, 0.1) is 0 Å². The van der Waals surface area contributed by atoms with Crippen molar-refractivity contribution in [2.75, 3.05) is 0 Å². The maximum absolute atomic E-state index is 9.63. The molecule has 94 valence electrons. The molecule has 19 heavy (non-hydrogen) atoms. The molecule has 3 rings (SSSR count). The zero-order valence-corrected chi connectivity index (χ0v) is 10.2. The first-order chi connectivity index (χ1) is 9.33. The van der Waals surface area contributed by atoms with Crippen molar-refractivity contribution in [2.24, 2.45) is 0 Å². The van der Waals surface area contributed by atoms with Crippen LogP contribution in [0.25, 0.3) is 11.0 Å². The summed E-state index contributed by atoms with van der Waals surface area (Å²) in [6, 6.07) is 13.2. The molecular weight excluding hydrogens is 240 g/mol. The summed E-state index contributed by atoms with van der Waals surface area (Å²) >= 11 is 0. The van der Waals surface area contributed by atoms with Crippen molar-refractivity contribution < 1.29 is 9.84 Å². The van der Waals surface area contributed by atoms with Gasteiger partial charge >= 0.3 is 0 Å². The molecule has 0 aliphatic carbocycles. The van der Waals surface area contributed by atoms with Crippen LogP contribution in [-0.4, -0.2) is 15.1 Å². The Bertz CT molecular complexity index is 699. The topological polar surface area (TPSA) is 55.2 Å². The lowest BCUT2D eigenvalue weighted by molar-refractivity contribution is 0.305. The predicted molar refractivity (Wildman–Crippen MR) is 72.0 cm³/mol. The summed E-state index contributed by atoms with van der Waals surface area (Å²) in [5.74, 6) is 0.758. The fourth-order valence-electron chi connectivity index (χ4n) is 1.82. The van der Waals surface area contributed by atoms with Gasteiger partial charge in [-0.2, -0.15) is 0 Å². The van der Waals surface area contributed by atoms with E-state index in [9.17, 15) is 5.11 Å². The van der Waals surface area contributed by atoms with E-state index in [1.54, 1.807) is 18.5 Å². The summed E-state index contributed by atoms with van der Waals surface area (Å²) in [5, 5.41) is 9.63. The summed E-state index contributed by atoms with van der Waals surface area (Å²) in [7, 11) is 0. The van der Waals surface area contributed by atoms with Gasteiger partial charge in [0.1, 0.15) is 23.6 Å². The van der Waals surface area contributed by atoms with E-state index < -0.39 is 0 Å². The Morgan fingerprint density at radius 3 is 2.74 bits per heavy atom. The highest BCUT2D eigenvalue weighted by Crippen LogP contribution is 2.23. The quantitative estimate of drug-likeness (QED) is 0.778. The maximum Gasteiger partial charge on any atom is 0.144 e. The second-order valence-corrected chi connectivity index (χ2v) is 4.14. The Balaban J connectivity index is 1.82. The van der Waals surface area contributed by atoms with Crippen molar-refractivity contribution in [3.63, 3.8) is 0 Å². The first-order valence-corrected chi connectivity index (χ1v) is 5.93. The van der Waals surface area contributed by atoms with Crippen LogP contribution < -0.4 is 4.74 Å². The number of pyridine rings is 2. The number of rotatable bonds is 3. The van der Waals surface area contributed by atoms with Crippen LogP contribution in [0.15, 0.2) is 54.9 Å². The zero-order chi connectivity index (χ0) is 13.1. The number of nitrogens with zero attached hydrogens (tertiary/aromatic N) is 2. The average Bonchev–Trinajstić information content (AvgIpc) is 2.46. The van der Waals surface area contributed by atoms with Crippen LogP contribution in [0.1, 0.15) is 5.56 Å². The Morgan fingerprint density at radius 2 is 1.89 bits per heavy atom. The summed E-state index contributed by atoms with van der Waals surface area (Å²) in [5.41, 5.74) is 2.19. The minimum absolute atomic E-state index is 0.125. The van der Waals surface area contributed by atoms with Gasteiger partial charge in [-0.3, -0.25) is 4.98 Å². The fourth-order valence-corrected chi connectivity index (χ4v) is 1.82. The Morgan fingerprint density at radius 1 is 1.05 bits per heavy atom. The molecule has 0 amide bonds. The first kappa shape index (κ1) is 11.5. The van der Waals surface area contributed by atoms with E-state index in [1.165, 1.54) is 6.07 Å². The monoisotopic (exact) mass is 252 g/mol. The van der Waals surface area contributed by atoms with E-state index in [1.807, 2.05) is 30.3 Å². The van der Waals surface area contributed by atoms with Crippen LogP contribution in [0.5, 0.6) is 11.5 Å². The number of hydrogen-bond donors (Lipinski definition) is 1. The maximum atomic E-state index is 9.63. The Labute approximate surface area is 110 Å². The van der Waals surface area contributed by atoms with E-state index in [0.29, 0.717) is 23.4 Å². The molecular formula is C15H12N2O2. The smallest absolute Gasteiger partial charge is 0.144 e. The molecule has 0 aliphatic rings. The molecule has 0 radical (unpaired) electrons. The van der Waals surface area contributed by atoms with Crippen LogP contribution in [0.2, 0.25) is 0 Å². The highest BCUT2D eigenvalue weighted by atomic mass is 16.5. The van der Waals surface area contributed by atoms with Gasteiger partial charge in [0, 0.05) is 18.3 Å². The molecule has 2 heterocycles. The lowest BCUT2D eigenvalue weighted by Crippen LogP contribution is -1.96. The number of ether oxygens (including phenoxy) is 1. The van der Waals surface area contributed by atoms with E-state index in [-0.39, 0.29) is 5.75 Å². The third kappa shape index (κ3) is 2.47. The second-order valence-electron chi connectivity index (χ2n) is 4.14. The molecule has 0 fully saturated rings. The number of aromatic nitrogens is 2. The summed E-state index contributed by atoms with van der Waals surface area (Å²) in [6.07, 6.45) is 3.13. The van der Waals surface area contributed by atoms with Gasteiger partial charge < -0.3 is 9.84 Å². The van der Waals surface area contributed by atoms with Crippen molar-refractivity contribution in [1.29, 1.82) is 0 Å². The van der Waals surface area contributed by atoms with Crippen LogP contribution in [-0.2, 0) is 6.61 Å². The standard InChI is InChI=1S/C15H12N2O2/c18-14-6-7-16-13-8-12(9-17-15(13)14)19-10-11-4-2-1-3-5-11/h1-9H,10H2,(H,16,18).